The predicted molar refractivity (Wildman–Crippen MR) is 112 cm³/mol. The van der Waals surface area contributed by atoms with E-state index in [0.29, 0.717) is 18.6 Å². The molecule has 1 aliphatic heterocycles. The smallest absolute Gasteiger partial charge is 0.240 e. The lowest BCUT2D eigenvalue weighted by Crippen LogP contribution is -2.50. The second kappa shape index (κ2) is 8.95. The summed E-state index contributed by atoms with van der Waals surface area (Å²) in [7, 11) is 0. The third-order valence-corrected chi connectivity index (χ3v) is 5.71. The van der Waals surface area contributed by atoms with Crippen LogP contribution in [0.2, 0.25) is 0 Å². The fraction of sp³-hybridized carbons (Fsp3) is 0.417. The van der Waals surface area contributed by atoms with Crippen molar-refractivity contribution in [1.82, 2.24) is 4.90 Å². The van der Waals surface area contributed by atoms with Gasteiger partial charge in [-0.1, -0.05) is 42.5 Å². The van der Waals surface area contributed by atoms with Gasteiger partial charge in [0.25, 0.3) is 0 Å². The Kier molecular flexibility index (Phi) is 6.55. The molecule has 5 nitrogen and oxygen atoms in total. The SMILES string of the molecule is C[C@@H](N)C(=O)N1C(C(C)(C)C#N)C[C@@H](OCc2ccccc2)[C@H]1c1cccc(F)c1. The first-order valence-electron chi connectivity index (χ1n) is 10.1. The molecule has 30 heavy (non-hydrogen) atoms. The number of hydrogen-bond donors (Lipinski definition) is 1. The molecular weight excluding hydrogens is 381 g/mol. The van der Waals surface area contributed by atoms with Gasteiger partial charge in [0.05, 0.1) is 42.3 Å². The molecule has 1 aliphatic rings. The van der Waals surface area contributed by atoms with Crippen LogP contribution < -0.4 is 5.73 Å². The zero-order valence-corrected chi connectivity index (χ0v) is 17.6. The predicted octanol–water partition coefficient (Wildman–Crippen LogP) is 3.95. The number of halogens is 1. The first-order chi connectivity index (χ1) is 14.2. The summed E-state index contributed by atoms with van der Waals surface area (Å²) < 4.78 is 20.3. The van der Waals surface area contributed by atoms with Gasteiger partial charge in [0.1, 0.15) is 5.82 Å². The molecule has 0 bridgehead atoms. The van der Waals surface area contributed by atoms with Gasteiger partial charge in [0.15, 0.2) is 0 Å². The summed E-state index contributed by atoms with van der Waals surface area (Å²) in [5.74, 6) is -0.658. The summed E-state index contributed by atoms with van der Waals surface area (Å²) in [4.78, 5) is 14.8. The summed E-state index contributed by atoms with van der Waals surface area (Å²) >= 11 is 0. The van der Waals surface area contributed by atoms with E-state index in [-0.39, 0.29) is 11.7 Å². The molecule has 0 aliphatic carbocycles. The van der Waals surface area contributed by atoms with E-state index in [9.17, 15) is 14.4 Å². The topological polar surface area (TPSA) is 79.4 Å². The number of likely N-dealkylation sites (tertiary alicyclic amines) is 1. The number of nitrogens with two attached hydrogens (primary N) is 1. The van der Waals surface area contributed by atoms with Crippen LogP contribution >= 0.6 is 0 Å². The lowest BCUT2D eigenvalue weighted by Gasteiger charge is -2.37. The average Bonchev–Trinajstić information content (AvgIpc) is 3.12. The van der Waals surface area contributed by atoms with Crippen LogP contribution in [0.25, 0.3) is 0 Å². The van der Waals surface area contributed by atoms with Gasteiger partial charge in [-0.3, -0.25) is 4.79 Å². The van der Waals surface area contributed by atoms with Gasteiger partial charge in [-0.15, -0.1) is 0 Å². The summed E-state index contributed by atoms with van der Waals surface area (Å²) in [6, 6.07) is 16.6. The van der Waals surface area contributed by atoms with Crippen molar-refractivity contribution in [2.24, 2.45) is 11.1 Å². The molecular formula is C24H28FN3O2. The molecule has 1 heterocycles. The first kappa shape index (κ1) is 21.9. The molecule has 0 aromatic heterocycles. The van der Waals surface area contributed by atoms with Gasteiger partial charge in [0.2, 0.25) is 5.91 Å². The molecule has 3 rings (SSSR count). The third-order valence-electron chi connectivity index (χ3n) is 5.71. The van der Waals surface area contributed by atoms with Crippen LogP contribution in [-0.2, 0) is 16.1 Å². The Morgan fingerprint density at radius 3 is 2.60 bits per heavy atom. The maximum absolute atomic E-state index is 14.1. The van der Waals surface area contributed by atoms with E-state index in [1.54, 1.807) is 37.8 Å². The van der Waals surface area contributed by atoms with Crippen LogP contribution in [0.15, 0.2) is 54.6 Å². The zero-order chi connectivity index (χ0) is 21.9. The van der Waals surface area contributed by atoms with Crippen LogP contribution in [-0.4, -0.2) is 29.0 Å². The number of nitriles is 1. The van der Waals surface area contributed by atoms with Gasteiger partial charge in [0, 0.05) is 0 Å². The molecule has 2 N–H and O–H groups in total. The Hall–Kier alpha value is -2.75. The van der Waals surface area contributed by atoms with Crippen LogP contribution in [0.4, 0.5) is 4.39 Å². The Morgan fingerprint density at radius 1 is 1.30 bits per heavy atom. The van der Waals surface area contributed by atoms with E-state index in [4.69, 9.17) is 10.5 Å². The number of nitrogens with zero attached hydrogens (tertiary/aromatic N) is 2. The van der Waals surface area contributed by atoms with Crippen molar-refractivity contribution < 1.29 is 13.9 Å². The normalized spacial score (nSPS) is 22.5. The number of ether oxygens (including phenoxy) is 1. The van der Waals surface area contributed by atoms with Crippen molar-refractivity contribution in [1.29, 1.82) is 5.26 Å². The number of carbonyl (C=O) groups excluding carboxylic acids is 1. The van der Waals surface area contributed by atoms with Crippen LogP contribution in [0.1, 0.15) is 44.4 Å². The molecule has 0 spiro atoms. The molecule has 2 aromatic carbocycles. The van der Waals surface area contributed by atoms with Gasteiger partial charge in [-0.25, -0.2) is 4.39 Å². The maximum atomic E-state index is 14.1. The second-order valence-corrected chi connectivity index (χ2v) is 8.45. The van der Waals surface area contributed by atoms with E-state index in [0.717, 1.165) is 5.56 Å². The Bertz CT molecular complexity index is 924. The van der Waals surface area contributed by atoms with Crippen molar-refractivity contribution in [2.75, 3.05) is 0 Å². The largest absolute Gasteiger partial charge is 0.371 e. The lowest BCUT2D eigenvalue weighted by atomic mass is 9.84. The molecule has 1 fully saturated rings. The number of amides is 1. The number of rotatable bonds is 6. The van der Waals surface area contributed by atoms with Gasteiger partial charge in [-0.05, 0) is 50.5 Å². The number of carbonyl (C=O) groups is 1. The first-order valence-corrected chi connectivity index (χ1v) is 10.1. The molecule has 1 unspecified atom stereocenters. The van der Waals surface area contributed by atoms with Crippen LogP contribution in [0.3, 0.4) is 0 Å². The molecule has 0 radical (unpaired) electrons. The van der Waals surface area contributed by atoms with Crippen LogP contribution in [0, 0.1) is 22.6 Å². The summed E-state index contributed by atoms with van der Waals surface area (Å²) in [5.41, 5.74) is 6.78. The van der Waals surface area contributed by atoms with Crippen LogP contribution in [0.5, 0.6) is 0 Å². The fourth-order valence-electron chi connectivity index (χ4n) is 4.08. The lowest BCUT2D eigenvalue weighted by molar-refractivity contribution is -0.138. The highest BCUT2D eigenvalue weighted by Gasteiger charge is 2.51. The van der Waals surface area contributed by atoms with Crippen molar-refractivity contribution in [3.63, 3.8) is 0 Å². The fourth-order valence-corrected chi connectivity index (χ4v) is 4.08. The Morgan fingerprint density at radius 2 is 2.00 bits per heavy atom. The molecule has 6 heteroatoms. The van der Waals surface area contributed by atoms with Crippen molar-refractivity contribution in [2.45, 2.75) is 58.0 Å². The highest BCUT2D eigenvalue weighted by molar-refractivity contribution is 5.82. The monoisotopic (exact) mass is 409 g/mol. The summed E-state index contributed by atoms with van der Waals surface area (Å²) in [6.45, 7) is 5.60. The molecule has 0 saturated carbocycles. The summed E-state index contributed by atoms with van der Waals surface area (Å²) in [5, 5.41) is 9.77. The Balaban J connectivity index is 2.02. The minimum absolute atomic E-state index is 0.275. The second-order valence-electron chi connectivity index (χ2n) is 8.45. The van der Waals surface area contributed by atoms with Crippen molar-refractivity contribution >= 4 is 5.91 Å². The third kappa shape index (κ3) is 4.53. The van der Waals surface area contributed by atoms with Crippen molar-refractivity contribution in [3.05, 3.63) is 71.5 Å². The van der Waals surface area contributed by atoms with E-state index < -0.39 is 29.6 Å². The van der Waals surface area contributed by atoms with Crippen molar-refractivity contribution in [3.8, 4) is 6.07 Å². The zero-order valence-electron chi connectivity index (χ0n) is 17.6. The molecule has 1 amide bonds. The molecule has 1 saturated heterocycles. The maximum Gasteiger partial charge on any atom is 0.240 e. The molecule has 4 atom stereocenters. The minimum atomic E-state index is -0.818. The van der Waals surface area contributed by atoms with Gasteiger partial charge >= 0.3 is 0 Å². The van der Waals surface area contributed by atoms with E-state index >= 15 is 0 Å². The quantitative estimate of drug-likeness (QED) is 0.783. The highest BCUT2D eigenvalue weighted by atomic mass is 19.1. The van der Waals surface area contributed by atoms with E-state index in [2.05, 4.69) is 6.07 Å². The minimum Gasteiger partial charge on any atom is -0.371 e. The standard InChI is InChI=1S/C24H28FN3O2/c1-16(27)23(29)28-21(24(2,3)15-26)13-20(30-14-17-8-5-4-6-9-17)22(28)18-10-7-11-19(25)12-18/h4-12,16,20-22H,13-14,27H2,1-3H3/t16-,20-,21?,22-/m1/s1. The van der Waals surface area contributed by atoms with Gasteiger partial charge in [-0.2, -0.15) is 5.26 Å². The average molecular weight is 410 g/mol. The Labute approximate surface area is 177 Å². The van der Waals surface area contributed by atoms with E-state index in [1.165, 1.54) is 12.1 Å². The summed E-state index contributed by atoms with van der Waals surface area (Å²) in [6.07, 6.45) is 0.0693. The van der Waals surface area contributed by atoms with Gasteiger partial charge < -0.3 is 15.4 Å². The van der Waals surface area contributed by atoms with E-state index in [1.807, 2.05) is 30.3 Å². The highest BCUT2D eigenvalue weighted by Crippen LogP contribution is 2.45. The number of hydrogen-bond acceptors (Lipinski definition) is 4. The molecule has 158 valence electrons. The molecule has 2 aromatic rings. The number of benzene rings is 2.